The van der Waals surface area contributed by atoms with E-state index in [0.717, 1.165) is 6.42 Å². The molecule has 4 fully saturated rings. The van der Waals surface area contributed by atoms with E-state index >= 15 is 0 Å². The zero-order valence-electron chi connectivity index (χ0n) is 19.3. The van der Waals surface area contributed by atoms with Crippen LogP contribution in [0.25, 0.3) is 0 Å². The number of ether oxygens (including phenoxy) is 2. The van der Waals surface area contributed by atoms with Gasteiger partial charge >= 0.3 is 12.5 Å². The lowest BCUT2D eigenvalue weighted by Crippen LogP contribution is -2.50. The van der Waals surface area contributed by atoms with Gasteiger partial charge in [-0.2, -0.15) is 5.11 Å². The molecule has 0 spiro atoms. The lowest BCUT2D eigenvalue weighted by atomic mass is 9.82. The van der Waals surface area contributed by atoms with E-state index in [-0.39, 0.29) is 59.7 Å². The van der Waals surface area contributed by atoms with Gasteiger partial charge < -0.3 is 14.5 Å². The van der Waals surface area contributed by atoms with Crippen molar-refractivity contribution in [3.05, 3.63) is 0 Å². The fourth-order valence-electron chi connectivity index (χ4n) is 6.31. The molecule has 5 rings (SSSR count). The maximum Gasteiger partial charge on any atom is 0.522 e. The van der Waals surface area contributed by atoms with Crippen LogP contribution in [0.5, 0.6) is 0 Å². The predicted octanol–water partition coefficient (Wildman–Crippen LogP) is 3.33. The molecule has 0 bridgehead atoms. The van der Waals surface area contributed by atoms with E-state index in [9.17, 15) is 22.8 Å². The van der Waals surface area contributed by atoms with Gasteiger partial charge in [0.25, 0.3) is 0 Å². The third kappa shape index (κ3) is 5.47. The summed E-state index contributed by atoms with van der Waals surface area (Å²) in [5, 5.41) is 7.65. The molecule has 6 unspecified atom stereocenters. The van der Waals surface area contributed by atoms with Crippen molar-refractivity contribution in [2.45, 2.75) is 68.5 Å². The maximum absolute atomic E-state index is 13.2. The first kappa shape index (κ1) is 24.9. The SMILES string of the molecule is O=C(OCC1CCC(OC(F)(F)F)CC1)N1CC2CN(C(=O)C3CCC4NN=NC4C3Cl)CC2C1. The molecule has 3 aliphatic heterocycles. The summed E-state index contributed by atoms with van der Waals surface area (Å²) in [6, 6.07) is -0.0544. The minimum Gasteiger partial charge on any atom is -0.449 e. The largest absolute Gasteiger partial charge is 0.522 e. The van der Waals surface area contributed by atoms with Gasteiger partial charge in [-0.05, 0) is 44.4 Å². The molecule has 5 aliphatic rings. The van der Waals surface area contributed by atoms with Crippen LogP contribution in [0.1, 0.15) is 38.5 Å². The van der Waals surface area contributed by atoms with Crippen molar-refractivity contribution in [1.29, 1.82) is 0 Å². The fourth-order valence-corrected chi connectivity index (χ4v) is 6.77. The molecular formula is C22H31ClF3N5O4. The number of hydrogen-bond acceptors (Lipinski definition) is 7. The zero-order chi connectivity index (χ0) is 24.7. The topological polar surface area (TPSA) is 95.8 Å². The highest BCUT2D eigenvalue weighted by Gasteiger charge is 2.49. The van der Waals surface area contributed by atoms with Gasteiger partial charge in [-0.15, -0.1) is 24.8 Å². The van der Waals surface area contributed by atoms with Crippen LogP contribution in [-0.2, 0) is 14.3 Å². The summed E-state index contributed by atoms with van der Waals surface area (Å²) in [6.45, 7) is 2.49. The summed E-state index contributed by atoms with van der Waals surface area (Å²) in [4.78, 5) is 29.4. The zero-order valence-corrected chi connectivity index (χ0v) is 20.1. The summed E-state index contributed by atoms with van der Waals surface area (Å²) >= 11 is 6.61. The molecule has 0 aromatic heterocycles. The van der Waals surface area contributed by atoms with Gasteiger partial charge in [0.05, 0.1) is 30.0 Å². The Bertz CT molecular complexity index is 826. The Balaban J connectivity index is 1.04. The summed E-state index contributed by atoms with van der Waals surface area (Å²) < 4.78 is 46.7. The molecule has 1 N–H and O–H groups in total. The van der Waals surface area contributed by atoms with Crippen molar-refractivity contribution < 1.29 is 32.2 Å². The number of likely N-dealkylation sites (tertiary alicyclic amines) is 2. The highest BCUT2D eigenvalue weighted by Crippen LogP contribution is 2.38. The smallest absolute Gasteiger partial charge is 0.449 e. The number of halogens is 4. The lowest BCUT2D eigenvalue weighted by Gasteiger charge is -2.35. The number of nitrogens with one attached hydrogen (secondary N) is 1. The second-order valence-corrected chi connectivity index (χ2v) is 11.0. The van der Waals surface area contributed by atoms with Crippen LogP contribution >= 0.6 is 11.6 Å². The average Bonchev–Trinajstić information content (AvgIpc) is 3.52. The number of carbonyl (C=O) groups is 2. The molecule has 6 atom stereocenters. The summed E-state index contributed by atoms with van der Waals surface area (Å²) in [5.41, 5.74) is 2.96. The number of fused-ring (bicyclic) bond motifs is 2. The molecule has 35 heavy (non-hydrogen) atoms. The number of nitrogens with zero attached hydrogens (tertiary/aromatic N) is 4. The first-order chi connectivity index (χ1) is 16.7. The Morgan fingerprint density at radius 2 is 1.63 bits per heavy atom. The maximum atomic E-state index is 13.2. The Morgan fingerprint density at radius 3 is 2.29 bits per heavy atom. The third-order valence-corrected chi connectivity index (χ3v) is 8.80. The quantitative estimate of drug-likeness (QED) is 0.573. The lowest BCUT2D eigenvalue weighted by molar-refractivity contribution is -0.345. The van der Waals surface area contributed by atoms with E-state index in [2.05, 4.69) is 20.5 Å². The Hall–Kier alpha value is -1.82. The van der Waals surface area contributed by atoms with Crippen molar-refractivity contribution >= 4 is 23.6 Å². The summed E-state index contributed by atoms with van der Waals surface area (Å²) in [5.74, 6) is 0.265. The molecule has 3 heterocycles. The van der Waals surface area contributed by atoms with Crippen molar-refractivity contribution in [2.24, 2.45) is 34.0 Å². The van der Waals surface area contributed by atoms with Gasteiger partial charge in [-0.25, -0.2) is 4.79 Å². The Kier molecular flexibility index (Phi) is 7.04. The molecule has 0 aromatic carbocycles. The van der Waals surface area contributed by atoms with Crippen LogP contribution < -0.4 is 5.43 Å². The third-order valence-electron chi connectivity index (χ3n) is 8.24. The van der Waals surface area contributed by atoms with E-state index in [1.807, 2.05) is 4.90 Å². The molecule has 196 valence electrons. The Labute approximate surface area is 206 Å². The standard InChI is InChI=1S/C22H31ClF3N5O4/c23-18-16(5-6-17-19(18)28-29-27-17)20(32)30-7-13-9-31(10-14(13)8-30)21(33)34-11-12-1-3-15(4-2-12)35-22(24,25)26/h12-19H,1-11H2,(H,27,28). The number of rotatable bonds is 4. The summed E-state index contributed by atoms with van der Waals surface area (Å²) in [6.07, 6.45) is -2.58. The second-order valence-electron chi connectivity index (χ2n) is 10.5. The molecule has 2 saturated heterocycles. The van der Waals surface area contributed by atoms with Gasteiger partial charge in [-0.1, -0.05) is 5.22 Å². The molecule has 2 amide bonds. The first-order valence-electron chi connectivity index (χ1n) is 12.4. The molecule has 2 saturated carbocycles. The Morgan fingerprint density at radius 1 is 0.971 bits per heavy atom. The summed E-state index contributed by atoms with van der Waals surface area (Å²) in [7, 11) is 0. The van der Waals surface area contributed by atoms with E-state index in [1.165, 1.54) is 0 Å². The van der Waals surface area contributed by atoms with Crippen LogP contribution in [0.4, 0.5) is 18.0 Å². The van der Waals surface area contributed by atoms with Crippen molar-refractivity contribution in [3.8, 4) is 0 Å². The molecule has 9 nitrogen and oxygen atoms in total. The first-order valence-corrected chi connectivity index (χ1v) is 12.9. The van der Waals surface area contributed by atoms with Gasteiger partial charge in [0.15, 0.2) is 0 Å². The van der Waals surface area contributed by atoms with E-state index < -0.39 is 12.5 Å². The van der Waals surface area contributed by atoms with Crippen LogP contribution in [0, 0.1) is 23.7 Å². The van der Waals surface area contributed by atoms with Gasteiger partial charge in [0.1, 0.15) is 6.04 Å². The van der Waals surface area contributed by atoms with Crippen molar-refractivity contribution in [2.75, 3.05) is 32.8 Å². The molecule has 0 radical (unpaired) electrons. The van der Waals surface area contributed by atoms with Crippen LogP contribution in [-0.4, -0.2) is 84.5 Å². The molecule has 2 aliphatic carbocycles. The van der Waals surface area contributed by atoms with Crippen molar-refractivity contribution in [3.63, 3.8) is 0 Å². The van der Waals surface area contributed by atoms with Crippen LogP contribution in [0.15, 0.2) is 10.3 Å². The fraction of sp³-hybridized carbons (Fsp3) is 0.909. The number of amides is 2. The van der Waals surface area contributed by atoms with Gasteiger partial charge in [0.2, 0.25) is 5.91 Å². The number of hydrogen-bond donors (Lipinski definition) is 1. The van der Waals surface area contributed by atoms with E-state index in [0.29, 0.717) is 58.3 Å². The van der Waals surface area contributed by atoms with Crippen molar-refractivity contribution in [1.82, 2.24) is 15.2 Å². The minimum absolute atomic E-state index is 0.0513. The molecular weight excluding hydrogens is 491 g/mol. The van der Waals surface area contributed by atoms with Crippen LogP contribution in [0.3, 0.4) is 0 Å². The highest BCUT2D eigenvalue weighted by molar-refractivity contribution is 6.22. The molecule has 13 heteroatoms. The monoisotopic (exact) mass is 521 g/mol. The average molecular weight is 522 g/mol. The van der Waals surface area contributed by atoms with Crippen LogP contribution in [0.2, 0.25) is 0 Å². The molecule has 0 aromatic rings. The van der Waals surface area contributed by atoms with E-state index in [1.54, 1.807) is 4.90 Å². The predicted molar refractivity (Wildman–Crippen MR) is 117 cm³/mol. The van der Waals surface area contributed by atoms with E-state index in [4.69, 9.17) is 16.3 Å². The second kappa shape index (κ2) is 9.91. The normalized spacial score (nSPS) is 38.7. The van der Waals surface area contributed by atoms with Gasteiger partial charge in [0, 0.05) is 38.0 Å². The number of alkyl halides is 4. The number of carbonyl (C=O) groups excluding carboxylic acids is 2. The minimum atomic E-state index is -4.61. The highest BCUT2D eigenvalue weighted by atomic mass is 35.5. The van der Waals surface area contributed by atoms with Gasteiger partial charge in [-0.3, -0.25) is 15.0 Å².